The molecule has 0 aromatic heterocycles. The van der Waals surface area contributed by atoms with E-state index in [1.165, 1.54) is 12.8 Å². The van der Waals surface area contributed by atoms with Crippen LogP contribution in [0.3, 0.4) is 0 Å². The van der Waals surface area contributed by atoms with Crippen LogP contribution in [0.4, 0.5) is 0 Å². The normalized spacial score (nSPS) is 17.6. The maximum absolute atomic E-state index is 12.2. The van der Waals surface area contributed by atoms with Crippen LogP contribution in [0.5, 0.6) is 0 Å². The van der Waals surface area contributed by atoms with Crippen LogP contribution in [0.1, 0.15) is 46.5 Å². The van der Waals surface area contributed by atoms with E-state index in [1.807, 2.05) is 13.8 Å². The van der Waals surface area contributed by atoms with Crippen LogP contribution in [0.25, 0.3) is 0 Å². The van der Waals surface area contributed by atoms with Crippen LogP contribution < -0.4 is 11.1 Å². The molecule has 0 saturated heterocycles. The smallest absolute Gasteiger partial charge is 0.233 e. The molecular weight excluding hydrogens is 232 g/mol. The number of thiocarbonyl (C=S) groups is 1. The van der Waals surface area contributed by atoms with Gasteiger partial charge in [0, 0.05) is 6.54 Å². The van der Waals surface area contributed by atoms with Crippen molar-refractivity contribution in [2.75, 3.05) is 6.54 Å². The Hall–Kier alpha value is -0.640. The summed E-state index contributed by atoms with van der Waals surface area (Å²) in [6, 6.07) is 0. The Balaban J connectivity index is 2.55. The van der Waals surface area contributed by atoms with Crippen LogP contribution in [-0.4, -0.2) is 17.4 Å². The number of amides is 1. The Kier molecular flexibility index (Phi) is 4.92. The Labute approximate surface area is 110 Å². The topological polar surface area (TPSA) is 55.1 Å². The van der Waals surface area contributed by atoms with Gasteiger partial charge in [0.25, 0.3) is 0 Å². The second-order valence-corrected chi connectivity index (χ2v) is 5.62. The fourth-order valence-corrected chi connectivity index (χ4v) is 2.67. The molecule has 0 bridgehead atoms. The number of hydrogen-bond donors (Lipinski definition) is 2. The highest BCUT2D eigenvalue weighted by atomic mass is 32.1. The average Bonchev–Trinajstić information content (AvgIpc) is 3.11. The number of carbonyl (C=O) groups is 1. The SMILES string of the molecule is CCC(CC)(C(=O)NCC(C)C1CC1)C(N)=S. The number of hydrogen-bond acceptors (Lipinski definition) is 2. The highest BCUT2D eigenvalue weighted by Gasteiger charge is 2.38. The van der Waals surface area contributed by atoms with Crippen LogP contribution in [0.2, 0.25) is 0 Å². The van der Waals surface area contributed by atoms with Crippen molar-refractivity contribution >= 4 is 23.1 Å². The zero-order chi connectivity index (χ0) is 13.1. The highest BCUT2D eigenvalue weighted by molar-refractivity contribution is 7.80. The van der Waals surface area contributed by atoms with Crippen molar-refractivity contribution in [2.24, 2.45) is 23.0 Å². The number of nitrogens with two attached hydrogens (primary N) is 1. The van der Waals surface area contributed by atoms with Gasteiger partial charge in [0.15, 0.2) is 0 Å². The summed E-state index contributed by atoms with van der Waals surface area (Å²) in [5.41, 5.74) is 5.09. The first-order chi connectivity index (χ1) is 7.97. The van der Waals surface area contributed by atoms with E-state index in [9.17, 15) is 4.79 Å². The summed E-state index contributed by atoms with van der Waals surface area (Å²) in [4.78, 5) is 12.6. The predicted octanol–water partition coefficient (Wildman–Crippen LogP) is 2.24. The first-order valence-corrected chi connectivity index (χ1v) is 6.97. The molecule has 1 fully saturated rings. The summed E-state index contributed by atoms with van der Waals surface area (Å²) in [5.74, 6) is 1.37. The molecule has 1 atom stereocenters. The quantitative estimate of drug-likeness (QED) is 0.687. The van der Waals surface area contributed by atoms with Crippen molar-refractivity contribution in [3.63, 3.8) is 0 Å². The minimum Gasteiger partial charge on any atom is -0.392 e. The number of rotatable bonds is 7. The zero-order valence-electron chi connectivity index (χ0n) is 11.1. The molecule has 98 valence electrons. The molecule has 4 heteroatoms. The predicted molar refractivity (Wildman–Crippen MR) is 74.7 cm³/mol. The first kappa shape index (κ1) is 14.4. The average molecular weight is 256 g/mol. The summed E-state index contributed by atoms with van der Waals surface area (Å²) in [5, 5.41) is 3.02. The van der Waals surface area contributed by atoms with Gasteiger partial charge in [-0.3, -0.25) is 4.79 Å². The third-order valence-electron chi connectivity index (χ3n) is 4.12. The molecule has 17 heavy (non-hydrogen) atoms. The lowest BCUT2D eigenvalue weighted by atomic mass is 9.81. The lowest BCUT2D eigenvalue weighted by Gasteiger charge is -2.29. The Bertz CT molecular complexity index is 296. The molecule has 1 amide bonds. The highest BCUT2D eigenvalue weighted by Crippen LogP contribution is 2.36. The summed E-state index contributed by atoms with van der Waals surface area (Å²) in [6.45, 7) is 6.87. The summed E-state index contributed by atoms with van der Waals surface area (Å²) in [7, 11) is 0. The molecule has 3 nitrogen and oxygen atoms in total. The summed E-state index contributed by atoms with van der Waals surface area (Å²) in [6.07, 6.45) is 3.95. The fourth-order valence-electron chi connectivity index (χ4n) is 2.29. The molecule has 1 saturated carbocycles. The van der Waals surface area contributed by atoms with Crippen LogP contribution in [0.15, 0.2) is 0 Å². The van der Waals surface area contributed by atoms with Gasteiger partial charge in [-0.05, 0) is 37.5 Å². The maximum Gasteiger partial charge on any atom is 0.233 e. The third kappa shape index (κ3) is 3.18. The van der Waals surface area contributed by atoms with E-state index in [1.54, 1.807) is 0 Å². The van der Waals surface area contributed by atoms with Gasteiger partial charge in [0.1, 0.15) is 0 Å². The molecule has 0 heterocycles. The van der Waals surface area contributed by atoms with Crippen molar-refractivity contribution < 1.29 is 4.79 Å². The lowest BCUT2D eigenvalue weighted by Crippen LogP contribution is -2.49. The van der Waals surface area contributed by atoms with Crippen molar-refractivity contribution in [3.8, 4) is 0 Å². The van der Waals surface area contributed by atoms with E-state index >= 15 is 0 Å². The van der Waals surface area contributed by atoms with E-state index in [4.69, 9.17) is 18.0 Å². The van der Waals surface area contributed by atoms with E-state index in [0.29, 0.717) is 23.7 Å². The van der Waals surface area contributed by atoms with Gasteiger partial charge in [-0.1, -0.05) is 33.0 Å². The first-order valence-electron chi connectivity index (χ1n) is 6.56. The minimum atomic E-state index is -0.654. The van der Waals surface area contributed by atoms with E-state index < -0.39 is 5.41 Å². The van der Waals surface area contributed by atoms with Gasteiger partial charge >= 0.3 is 0 Å². The molecule has 1 unspecified atom stereocenters. The van der Waals surface area contributed by atoms with E-state index in [-0.39, 0.29) is 5.91 Å². The molecule has 1 aliphatic carbocycles. The van der Waals surface area contributed by atoms with Gasteiger partial charge in [0.05, 0.1) is 10.4 Å². The van der Waals surface area contributed by atoms with Crippen LogP contribution in [-0.2, 0) is 4.79 Å². The summed E-state index contributed by atoms with van der Waals surface area (Å²) < 4.78 is 0. The van der Waals surface area contributed by atoms with Crippen molar-refractivity contribution in [1.29, 1.82) is 0 Å². The molecule has 0 aromatic rings. The zero-order valence-corrected chi connectivity index (χ0v) is 11.9. The van der Waals surface area contributed by atoms with Crippen molar-refractivity contribution in [3.05, 3.63) is 0 Å². The fraction of sp³-hybridized carbons (Fsp3) is 0.846. The Morgan fingerprint density at radius 3 is 2.35 bits per heavy atom. The van der Waals surface area contributed by atoms with Gasteiger partial charge in [0.2, 0.25) is 5.91 Å². The standard InChI is InChI=1S/C13H24N2OS/c1-4-13(5-2,11(14)17)12(16)15-8-9(3)10-6-7-10/h9-10H,4-8H2,1-3H3,(H2,14,17)(H,15,16). The number of nitrogens with one attached hydrogen (secondary N) is 1. The largest absolute Gasteiger partial charge is 0.392 e. The molecule has 0 aromatic carbocycles. The molecule has 1 rings (SSSR count). The Morgan fingerprint density at radius 2 is 2.00 bits per heavy atom. The van der Waals surface area contributed by atoms with Gasteiger partial charge in [-0.25, -0.2) is 0 Å². The van der Waals surface area contributed by atoms with Gasteiger partial charge < -0.3 is 11.1 Å². The van der Waals surface area contributed by atoms with E-state index in [2.05, 4.69) is 12.2 Å². The Morgan fingerprint density at radius 1 is 1.47 bits per heavy atom. The van der Waals surface area contributed by atoms with Crippen molar-refractivity contribution in [1.82, 2.24) is 5.32 Å². The molecule has 0 spiro atoms. The van der Waals surface area contributed by atoms with Crippen LogP contribution in [0, 0.1) is 17.3 Å². The lowest BCUT2D eigenvalue weighted by molar-refractivity contribution is -0.128. The monoisotopic (exact) mass is 256 g/mol. The molecule has 1 aliphatic rings. The summed E-state index contributed by atoms with van der Waals surface area (Å²) >= 11 is 5.06. The maximum atomic E-state index is 12.2. The minimum absolute atomic E-state index is 0.00231. The van der Waals surface area contributed by atoms with Crippen LogP contribution >= 0.6 is 12.2 Å². The number of carbonyl (C=O) groups excluding carboxylic acids is 1. The second-order valence-electron chi connectivity index (χ2n) is 5.18. The van der Waals surface area contributed by atoms with Gasteiger partial charge in [-0.2, -0.15) is 0 Å². The van der Waals surface area contributed by atoms with E-state index in [0.717, 1.165) is 12.5 Å². The molecule has 3 N–H and O–H groups in total. The molecule has 0 radical (unpaired) electrons. The van der Waals surface area contributed by atoms with Gasteiger partial charge in [-0.15, -0.1) is 0 Å². The molecular formula is C13H24N2OS. The third-order valence-corrected chi connectivity index (χ3v) is 4.52. The molecule has 0 aliphatic heterocycles. The van der Waals surface area contributed by atoms with Crippen molar-refractivity contribution in [2.45, 2.75) is 46.5 Å². The second kappa shape index (κ2) is 5.80.